The molecule has 0 aliphatic carbocycles. The van der Waals surface area contributed by atoms with Gasteiger partial charge in [-0.15, -0.1) is 5.10 Å². The first-order valence-electron chi connectivity index (χ1n) is 6.26. The van der Waals surface area contributed by atoms with Crippen molar-refractivity contribution < 1.29 is 4.79 Å². The van der Waals surface area contributed by atoms with Crippen molar-refractivity contribution in [2.45, 2.75) is 19.5 Å². The highest BCUT2D eigenvalue weighted by Crippen LogP contribution is 2.16. The number of nitrogens with two attached hydrogens (primary N) is 1. The first-order chi connectivity index (χ1) is 9.60. The molecule has 1 heterocycles. The second kappa shape index (κ2) is 6.49. The molecule has 2 aromatic rings. The van der Waals surface area contributed by atoms with Gasteiger partial charge in [-0.2, -0.15) is 0 Å². The Hall–Kier alpha value is -1.92. The maximum absolute atomic E-state index is 12.0. The summed E-state index contributed by atoms with van der Waals surface area (Å²) in [6.45, 7) is 2.88. The van der Waals surface area contributed by atoms with Gasteiger partial charge in [-0.25, -0.2) is 0 Å². The number of nitrogens with one attached hydrogen (secondary N) is 1. The molecule has 0 aliphatic rings. The molecule has 20 heavy (non-hydrogen) atoms. The first-order valence-corrected chi connectivity index (χ1v) is 6.64. The van der Waals surface area contributed by atoms with Crippen molar-refractivity contribution >= 4 is 17.5 Å². The van der Waals surface area contributed by atoms with Gasteiger partial charge in [-0.05, 0) is 24.6 Å². The quantitative estimate of drug-likeness (QED) is 0.872. The predicted molar refractivity (Wildman–Crippen MR) is 76.4 cm³/mol. The molecule has 0 radical (unpaired) electrons. The molecule has 0 aliphatic heterocycles. The van der Waals surface area contributed by atoms with Gasteiger partial charge >= 0.3 is 0 Å². The van der Waals surface area contributed by atoms with E-state index in [2.05, 4.69) is 15.6 Å². The number of carbonyl (C=O) groups is 1. The zero-order chi connectivity index (χ0) is 14.5. The van der Waals surface area contributed by atoms with E-state index >= 15 is 0 Å². The molecule has 0 saturated carbocycles. The number of aromatic nitrogens is 3. The van der Waals surface area contributed by atoms with Gasteiger partial charge in [-0.1, -0.05) is 28.9 Å². The van der Waals surface area contributed by atoms with E-state index in [0.717, 1.165) is 5.56 Å². The monoisotopic (exact) mass is 293 g/mol. The zero-order valence-corrected chi connectivity index (χ0v) is 11.8. The van der Waals surface area contributed by atoms with Crippen LogP contribution in [0.3, 0.4) is 0 Å². The third kappa shape index (κ3) is 3.55. The van der Waals surface area contributed by atoms with Crippen molar-refractivity contribution in [1.29, 1.82) is 0 Å². The molecule has 1 amide bonds. The van der Waals surface area contributed by atoms with Crippen molar-refractivity contribution in [3.8, 4) is 0 Å². The molecule has 0 spiro atoms. The van der Waals surface area contributed by atoms with Gasteiger partial charge in [0.25, 0.3) is 5.91 Å². The predicted octanol–water partition coefficient (Wildman–Crippen LogP) is 1.38. The van der Waals surface area contributed by atoms with Crippen LogP contribution in [-0.4, -0.2) is 27.4 Å². The van der Waals surface area contributed by atoms with Crippen molar-refractivity contribution in [3.05, 3.63) is 46.7 Å². The summed E-state index contributed by atoms with van der Waals surface area (Å²) >= 11 is 5.83. The normalized spacial score (nSPS) is 12.2. The van der Waals surface area contributed by atoms with Crippen molar-refractivity contribution in [1.82, 2.24) is 20.3 Å². The topological polar surface area (TPSA) is 85.8 Å². The summed E-state index contributed by atoms with van der Waals surface area (Å²) in [5.41, 5.74) is 6.66. The second-order valence-corrected chi connectivity index (χ2v) is 4.84. The van der Waals surface area contributed by atoms with Crippen LogP contribution in [0.4, 0.5) is 0 Å². The van der Waals surface area contributed by atoms with Crippen LogP contribution in [0.1, 0.15) is 29.0 Å². The molecule has 1 aromatic carbocycles. The van der Waals surface area contributed by atoms with E-state index < -0.39 is 0 Å². The maximum atomic E-state index is 12.0. The van der Waals surface area contributed by atoms with E-state index in [1.165, 1.54) is 0 Å². The highest BCUT2D eigenvalue weighted by Gasteiger charge is 2.14. The number of benzene rings is 1. The SMILES string of the molecule is C[C@@H](NC(=O)c1cn(CCN)nn1)c1ccc(Cl)cc1. The summed E-state index contributed by atoms with van der Waals surface area (Å²) < 4.78 is 1.54. The highest BCUT2D eigenvalue weighted by atomic mass is 35.5. The molecule has 0 bridgehead atoms. The Labute approximate surface area is 121 Å². The molecular formula is C13H16ClN5O. The zero-order valence-electron chi connectivity index (χ0n) is 11.1. The highest BCUT2D eigenvalue weighted by molar-refractivity contribution is 6.30. The van der Waals surface area contributed by atoms with Crippen LogP contribution >= 0.6 is 11.6 Å². The number of hydrogen-bond acceptors (Lipinski definition) is 4. The van der Waals surface area contributed by atoms with E-state index in [9.17, 15) is 4.79 Å². The van der Waals surface area contributed by atoms with Crippen LogP contribution in [0.25, 0.3) is 0 Å². The van der Waals surface area contributed by atoms with E-state index in [4.69, 9.17) is 17.3 Å². The summed E-state index contributed by atoms with van der Waals surface area (Å²) in [5.74, 6) is -0.268. The minimum absolute atomic E-state index is 0.139. The van der Waals surface area contributed by atoms with E-state index in [-0.39, 0.29) is 17.6 Å². The smallest absolute Gasteiger partial charge is 0.273 e. The Bertz CT molecular complexity index is 581. The molecule has 3 N–H and O–H groups in total. The van der Waals surface area contributed by atoms with Crippen molar-refractivity contribution in [2.24, 2.45) is 5.73 Å². The van der Waals surface area contributed by atoms with E-state index in [1.807, 2.05) is 19.1 Å². The lowest BCUT2D eigenvalue weighted by molar-refractivity contribution is 0.0934. The fourth-order valence-corrected chi connectivity index (χ4v) is 1.88. The number of rotatable bonds is 5. The molecule has 2 rings (SSSR count). The van der Waals surface area contributed by atoms with E-state index in [1.54, 1.807) is 23.0 Å². The van der Waals surface area contributed by atoms with Gasteiger partial charge in [0.05, 0.1) is 18.8 Å². The third-order valence-electron chi connectivity index (χ3n) is 2.85. The van der Waals surface area contributed by atoms with Crippen LogP contribution in [0.15, 0.2) is 30.5 Å². The lowest BCUT2D eigenvalue weighted by Crippen LogP contribution is -2.27. The molecule has 1 atom stereocenters. The Morgan fingerprint density at radius 1 is 1.45 bits per heavy atom. The van der Waals surface area contributed by atoms with Crippen LogP contribution < -0.4 is 11.1 Å². The first kappa shape index (κ1) is 14.5. The fraction of sp³-hybridized carbons (Fsp3) is 0.308. The number of halogens is 1. The minimum atomic E-state index is -0.268. The van der Waals surface area contributed by atoms with Crippen LogP contribution in [0.5, 0.6) is 0 Å². The standard InChI is InChI=1S/C13H16ClN5O/c1-9(10-2-4-11(14)5-3-10)16-13(20)12-8-19(7-6-15)18-17-12/h2-5,8-9H,6-7,15H2,1H3,(H,16,20)/t9-/m1/s1. The molecule has 0 fully saturated rings. The molecule has 6 nitrogen and oxygen atoms in total. The van der Waals surface area contributed by atoms with Crippen molar-refractivity contribution in [3.63, 3.8) is 0 Å². The molecule has 0 saturated heterocycles. The summed E-state index contributed by atoms with van der Waals surface area (Å²) in [6.07, 6.45) is 1.58. The summed E-state index contributed by atoms with van der Waals surface area (Å²) in [4.78, 5) is 12.0. The maximum Gasteiger partial charge on any atom is 0.273 e. The molecule has 1 aromatic heterocycles. The number of nitrogens with zero attached hydrogens (tertiary/aromatic N) is 3. The second-order valence-electron chi connectivity index (χ2n) is 4.40. The minimum Gasteiger partial charge on any atom is -0.344 e. The average molecular weight is 294 g/mol. The van der Waals surface area contributed by atoms with Crippen LogP contribution in [0, 0.1) is 0 Å². The molecule has 106 valence electrons. The Morgan fingerprint density at radius 3 is 2.80 bits per heavy atom. The molecule has 7 heteroatoms. The van der Waals surface area contributed by atoms with Crippen LogP contribution in [0.2, 0.25) is 5.02 Å². The Morgan fingerprint density at radius 2 is 2.15 bits per heavy atom. The number of amides is 1. The van der Waals surface area contributed by atoms with Gasteiger partial charge in [-0.3, -0.25) is 9.48 Å². The third-order valence-corrected chi connectivity index (χ3v) is 3.10. The Kier molecular flexibility index (Phi) is 4.70. The molecule has 0 unspecified atom stereocenters. The van der Waals surface area contributed by atoms with Gasteiger partial charge in [0.15, 0.2) is 5.69 Å². The van der Waals surface area contributed by atoms with Gasteiger partial charge < -0.3 is 11.1 Å². The van der Waals surface area contributed by atoms with E-state index in [0.29, 0.717) is 18.1 Å². The summed E-state index contributed by atoms with van der Waals surface area (Å²) in [6, 6.07) is 7.19. The summed E-state index contributed by atoms with van der Waals surface area (Å²) in [7, 11) is 0. The molecular weight excluding hydrogens is 278 g/mol. The van der Waals surface area contributed by atoms with Gasteiger partial charge in [0.1, 0.15) is 0 Å². The number of carbonyl (C=O) groups excluding carboxylic acids is 1. The number of hydrogen-bond donors (Lipinski definition) is 2. The van der Waals surface area contributed by atoms with Crippen LogP contribution in [-0.2, 0) is 6.54 Å². The van der Waals surface area contributed by atoms with Crippen molar-refractivity contribution in [2.75, 3.05) is 6.54 Å². The Balaban J connectivity index is 2.01. The van der Waals surface area contributed by atoms with Gasteiger partial charge in [0, 0.05) is 11.6 Å². The average Bonchev–Trinajstić information content (AvgIpc) is 2.88. The van der Waals surface area contributed by atoms with Gasteiger partial charge in [0.2, 0.25) is 0 Å². The fourth-order valence-electron chi connectivity index (χ4n) is 1.75. The lowest BCUT2D eigenvalue weighted by Gasteiger charge is -2.13. The summed E-state index contributed by atoms with van der Waals surface area (Å²) in [5, 5.41) is 11.2. The lowest BCUT2D eigenvalue weighted by atomic mass is 10.1. The largest absolute Gasteiger partial charge is 0.344 e.